The van der Waals surface area contributed by atoms with Crippen LogP contribution in [0.15, 0.2) is 77.4 Å². The van der Waals surface area contributed by atoms with E-state index in [0.717, 1.165) is 5.56 Å². The molecule has 0 radical (unpaired) electrons. The lowest BCUT2D eigenvalue weighted by molar-refractivity contribution is -0.139. The molecule has 2 amide bonds. The first-order valence-corrected chi connectivity index (χ1v) is 15.0. The molecule has 0 bridgehead atoms. The fourth-order valence-electron chi connectivity index (χ4n) is 5.16. The first-order chi connectivity index (χ1) is 19.1. The summed E-state index contributed by atoms with van der Waals surface area (Å²) in [6.45, 7) is 11.0. The first-order valence-electron chi connectivity index (χ1n) is 13.2. The maximum atomic E-state index is 13.4. The van der Waals surface area contributed by atoms with Crippen molar-refractivity contribution >= 4 is 33.6 Å². The predicted octanol–water partition coefficient (Wildman–Crippen LogP) is 4.11. The molecule has 0 spiro atoms. The third-order valence-electron chi connectivity index (χ3n) is 7.08. The zero-order valence-electron chi connectivity index (χ0n) is 23.0. The molecule has 0 aromatic heterocycles. The fourth-order valence-corrected chi connectivity index (χ4v) is 6.97. The number of rotatable bonds is 9. The third kappa shape index (κ3) is 6.25. The summed E-state index contributed by atoms with van der Waals surface area (Å²) in [5, 5.41) is 3.40. The van der Waals surface area contributed by atoms with E-state index < -0.39 is 22.0 Å². The van der Waals surface area contributed by atoms with Gasteiger partial charge in [-0.1, -0.05) is 47.5 Å². The van der Waals surface area contributed by atoms with Crippen molar-refractivity contribution in [2.75, 3.05) is 39.3 Å². The molecule has 2 unspecified atom stereocenters. The van der Waals surface area contributed by atoms with Crippen molar-refractivity contribution in [2.24, 2.45) is 0 Å². The highest BCUT2D eigenvalue weighted by Gasteiger charge is 2.40. The van der Waals surface area contributed by atoms with E-state index in [2.05, 4.69) is 16.8 Å². The minimum absolute atomic E-state index is 0.167. The number of esters is 1. The van der Waals surface area contributed by atoms with Crippen LogP contribution in [-0.2, 0) is 19.6 Å². The zero-order valence-corrected chi connectivity index (χ0v) is 24.5. The summed E-state index contributed by atoms with van der Waals surface area (Å²) in [5.74, 6) is -0.537. The lowest BCUT2D eigenvalue weighted by atomic mass is 9.94. The van der Waals surface area contributed by atoms with E-state index >= 15 is 0 Å². The second-order valence-electron chi connectivity index (χ2n) is 9.93. The van der Waals surface area contributed by atoms with Crippen molar-refractivity contribution in [3.8, 4) is 0 Å². The molecule has 0 saturated carbocycles. The van der Waals surface area contributed by atoms with Crippen LogP contribution in [0.2, 0.25) is 5.02 Å². The minimum Gasteiger partial charge on any atom is -0.463 e. The van der Waals surface area contributed by atoms with Crippen molar-refractivity contribution in [1.82, 2.24) is 19.4 Å². The molecule has 2 aliphatic heterocycles. The molecule has 11 heteroatoms. The quantitative estimate of drug-likeness (QED) is 0.351. The van der Waals surface area contributed by atoms with Crippen LogP contribution in [0.5, 0.6) is 0 Å². The van der Waals surface area contributed by atoms with Crippen LogP contribution in [0, 0.1) is 6.92 Å². The summed E-state index contributed by atoms with van der Waals surface area (Å²) < 4.78 is 33.7. The maximum Gasteiger partial charge on any atom is 0.338 e. The number of urea groups is 1. The largest absolute Gasteiger partial charge is 0.463 e. The van der Waals surface area contributed by atoms with E-state index in [1.54, 1.807) is 61.5 Å². The highest BCUT2D eigenvalue weighted by molar-refractivity contribution is 7.89. The molecular formula is C29H35ClN4O5S. The molecule has 9 nitrogen and oxygen atoms in total. The normalized spacial score (nSPS) is 20.8. The second kappa shape index (κ2) is 12.6. The summed E-state index contributed by atoms with van der Waals surface area (Å²) in [6.07, 6.45) is 1.59. The van der Waals surface area contributed by atoms with Crippen LogP contribution in [0.1, 0.15) is 31.0 Å². The Morgan fingerprint density at radius 2 is 1.93 bits per heavy atom. The number of carbonyl (C=O) groups is 2. The van der Waals surface area contributed by atoms with E-state index in [0.29, 0.717) is 34.9 Å². The second-order valence-corrected chi connectivity index (χ2v) is 12.3. The van der Waals surface area contributed by atoms with Gasteiger partial charge < -0.3 is 10.1 Å². The Morgan fingerprint density at radius 3 is 2.55 bits per heavy atom. The molecule has 40 heavy (non-hydrogen) atoms. The van der Waals surface area contributed by atoms with Gasteiger partial charge in [0.05, 0.1) is 23.1 Å². The number of hydrogen-bond acceptors (Lipinski definition) is 6. The Morgan fingerprint density at radius 1 is 1.20 bits per heavy atom. The number of aryl methyl sites for hydroxylation is 1. The Balaban J connectivity index is 1.67. The number of ether oxygens (including phenoxy) is 1. The van der Waals surface area contributed by atoms with Gasteiger partial charge in [-0.15, -0.1) is 6.58 Å². The Labute approximate surface area is 241 Å². The Bertz CT molecular complexity index is 1410. The molecule has 1 fully saturated rings. The summed E-state index contributed by atoms with van der Waals surface area (Å²) in [5.41, 5.74) is 2.45. The van der Waals surface area contributed by atoms with Gasteiger partial charge in [-0.3, -0.25) is 9.80 Å². The van der Waals surface area contributed by atoms with Gasteiger partial charge in [-0.2, -0.15) is 4.31 Å². The van der Waals surface area contributed by atoms with Gasteiger partial charge in [0, 0.05) is 49.5 Å². The standard InChI is InChI=1S/C29H35ClN4O5S/c1-5-14-33-25(26(28(35)39-6-2)27(31-29(33)36)22-8-7-9-23(30)17-22)19-32-15-16-34(21(4)18-32)40(37,38)24-12-10-20(3)11-13-24/h5,7-13,17,21,27H,1,6,14-16,18-19H2,2-4H3,(H,31,36). The Kier molecular flexibility index (Phi) is 9.35. The molecule has 0 aliphatic carbocycles. The average Bonchev–Trinajstić information content (AvgIpc) is 2.90. The topological polar surface area (TPSA) is 99.3 Å². The van der Waals surface area contributed by atoms with E-state index in [1.165, 1.54) is 9.21 Å². The monoisotopic (exact) mass is 586 g/mol. The number of hydrogen-bond donors (Lipinski definition) is 1. The zero-order chi connectivity index (χ0) is 29.0. The predicted molar refractivity (Wildman–Crippen MR) is 154 cm³/mol. The number of sulfonamides is 1. The number of benzene rings is 2. The molecule has 214 valence electrons. The maximum absolute atomic E-state index is 13.4. The van der Waals surface area contributed by atoms with Crippen molar-refractivity contribution in [2.45, 2.75) is 37.8 Å². The van der Waals surface area contributed by atoms with Crippen LogP contribution < -0.4 is 5.32 Å². The Hall–Kier alpha value is -3.18. The number of nitrogens with zero attached hydrogens (tertiary/aromatic N) is 3. The average molecular weight is 587 g/mol. The van der Waals surface area contributed by atoms with Crippen molar-refractivity contribution in [1.29, 1.82) is 0 Å². The van der Waals surface area contributed by atoms with Gasteiger partial charge in [0.2, 0.25) is 10.0 Å². The lowest BCUT2D eigenvalue weighted by Gasteiger charge is -2.42. The lowest BCUT2D eigenvalue weighted by Crippen LogP contribution is -2.56. The molecule has 2 aromatic rings. The summed E-state index contributed by atoms with van der Waals surface area (Å²) >= 11 is 6.25. The van der Waals surface area contributed by atoms with Gasteiger partial charge in [0.1, 0.15) is 0 Å². The molecule has 4 rings (SSSR count). The van der Waals surface area contributed by atoms with Crippen LogP contribution >= 0.6 is 11.6 Å². The van der Waals surface area contributed by atoms with Crippen molar-refractivity contribution in [3.63, 3.8) is 0 Å². The van der Waals surface area contributed by atoms with E-state index in [4.69, 9.17) is 16.3 Å². The van der Waals surface area contributed by atoms with Crippen LogP contribution in [0.4, 0.5) is 4.79 Å². The van der Waals surface area contributed by atoms with E-state index in [1.807, 2.05) is 13.8 Å². The molecule has 2 heterocycles. The van der Waals surface area contributed by atoms with E-state index in [-0.39, 0.29) is 43.2 Å². The summed E-state index contributed by atoms with van der Waals surface area (Å²) in [4.78, 5) is 30.5. The van der Waals surface area contributed by atoms with Gasteiger partial charge in [-0.05, 0) is 50.6 Å². The van der Waals surface area contributed by atoms with Crippen molar-refractivity contribution in [3.05, 3.63) is 88.6 Å². The van der Waals surface area contributed by atoms with Crippen LogP contribution in [0.3, 0.4) is 0 Å². The van der Waals surface area contributed by atoms with Crippen molar-refractivity contribution < 1.29 is 22.7 Å². The van der Waals surface area contributed by atoms with Gasteiger partial charge in [-0.25, -0.2) is 18.0 Å². The minimum atomic E-state index is -3.67. The van der Waals surface area contributed by atoms with Crippen LogP contribution in [0.25, 0.3) is 0 Å². The highest BCUT2D eigenvalue weighted by atomic mass is 35.5. The van der Waals surface area contributed by atoms with Gasteiger partial charge >= 0.3 is 12.0 Å². The van der Waals surface area contributed by atoms with E-state index in [9.17, 15) is 18.0 Å². The molecule has 1 N–H and O–H groups in total. The van der Waals surface area contributed by atoms with Gasteiger partial charge in [0.15, 0.2) is 0 Å². The fraction of sp³-hybridized carbons (Fsp3) is 0.379. The molecule has 2 aromatic carbocycles. The third-order valence-corrected chi connectivity index (χ3v) is 9.34. The summed E-state index contributed by atoms with van der Waals surface area (Å²) in [7, 11) is -3.67. The summed E-state index contributed by atoms with van der Waals surface area (Å²) in [6, 6.07) is 12.4. The number of halogens is 1. The SMILES string of the molecule is C=CCN1C(=O)NC(c2cccc(Cl)c2)C(C(=O)OCC)=C1CN1CCN(S(=O)(=O)c2ccc(C)cc2)C(C)C1. The molecular weight excluding hydrogens is 552 g/mol. The van der Waals surface area contributed by atoms with Gasteiger partial charge in [0.25, 0.3) is 0 Å². The number of nitrogens with one attached hydrogen (secondary N) is 1. The van der Waals surface area contributed by atoms with Crippen LogP contribution in [-0.4, -0.2) is 79.9 Å². The number of piperazine rings is 1. The highest BCUT2D eigenvalue weighted by Crippen LogP contribution is 2.33. The molecule has 1 saturated heterocycles. The number of amides is 2. The molecule has 2 aliphatic rings. The first kappa shape index (κ1) is 29.8. The smallest absolute Gasteiger partial charge is 0.338 e. The number of carbonyl (C=O) groups excluding carboxylic acids is 2. The molecule has 2 atom stereocenters.